The standard InChI is InChI=1S/C12H19O6P/c1-8(2)16-19(15,17-9(3)4)18-12-7-10(13)5-6-11(12)14/h5-9,13-14H,1-4H3. The fourth-order valence-electron chi connectivity index (χ4n) is 1.28. The summed E-state index contributed by atoms with van der Waals surface area (Å²) in [6, 6.07) is 3.63. The van der Waals surface area contributed by atoms with Gasteiger partial charge >= 0.3 is 7.82 Å². The van der Waals surface area contributed by atoms with Crippen LogP contribution in [0.2, 0.25) is 0 Å². The minimum atomic E-state index is -3.87. The Morgan fingerprint density at radius 3 is 2.05 bits per heavy atom. The van der Waals surface area contributed by atoms with Crippen molar-refractivity contribution in [3.8, 4) is 17.2 Å². The number of rotatable bonds is 6. The Morgan fingerprint density at radius 2 is 1.58 bits per heavy atom. The molecular weight excluding hydrogens is 271 g/mol. The van der Waals surface area contributed by atoms with E-state index in [9.17, 15) is 14.8 Å². The van der Waals surface area contributed by atoms with Crippen LogP contribution >= 0.6 is 7.82 Å². The summed E-state index contributed by atoms with van der Waals surface area (Å²) >= 11 is 0. The second-order valence-corrected chi connectivity index (χ2v) is 6.00. The van der Waals surface area contributed by atoms with Crippen LogP contribution in [0.3, 0.4) is 0 Å². The molecule has 0 spiro atoms. The molecule has 1 aromatic rings. The van der Waals surface area contributed by atoms with Gasteiger partial charge in [0.25, 0.3) is 0 Å². The first-order valence-corrected chi connectivity index (χ1v) is 7.36. The second kappa shape index (κ2) is 6.28. The third-order valence-electron chi connectivity index (χ3n) is 1.83. The molecule has 0 aliphatic rings. The molecule has 0 fully saturated rings. The summed E-state index contributed by atoms with van der Waals surface area (Å²) < 4.78 is 27.9. The van der Waals surface area contributed by atoms with Crippen molar-refractivity contribution in [1.82, 2.24) is 0 Å². The maximum Gasteiger partial charge on any atom is 0.530 e. The van der Waals surface area contributed by atoms with Gasteiger partial charge in [0.2, 0.25) is 0 Å². The summed E-state index contributed by atoms with van der Waals surface area (Å²) in [7, 11) is -3.87. The Morgan fingerprint density at radius 1 is 1.05 bits per heavy atom. The number of hydrogen-bond donors (Lipinski definition) is 2. The monoisotopic (exact) mass is 290 g/mol. The number of phosphoric ester groups is 1. The highest BCUT2D eigenvalue weighted by Crippen LogP contribution is 2.53. The summed E-state index contributed by atoms with van der Waals surface area (Å²) in [5.41, 5.74) is 0. The smallest absolute Gasteiger partial charge is 0.508 e. The molecule has 0 bridgehead atoms. The Labute approximate surface area is 112 Å². The zero-order valence-electron chi connectivity index (χ0n) is 11.4. The Bertz CT molecular complexity index is 457. The van der Waals surface area contributed by atoms with Crippen molar-refractivity contribution in [2.24, 2.45) is 0 Å². The molecule has 6 nitrogen and oxygen atoms in total. The van der Waals surface area contributed by atoms with Gasteiger partial charge in [-0.2, -0.15) is 0 Å². The molecule has 0 radical (unpaired) electrons. The van der Waals surface area contributed by atoms with Gasteiger partial charge in [0.1, 0.15) is 5.75 Å². The molecule has 0 saturated carbocycles. The average molecular weight is 290 g/mol. The number of phenolic OH excluding ortho intramolecular Hbond substituents is 2. The lowest BCUT2D eigenvalue weighted by atomic mass is 10.3. The van der Waals surface area contributed by atoms with E-state index < -0.39 is 7.82 Å². The normalized spacial score (nSPS) is 12.1. The Balaban J connectivity index is 3.00. The lowest BCUT2D eigenvalue weighted by molar-refractivity contribution is 0.103. The molecule has 7 heteroatoms. The van der Waals surface area contributed by atoms with Crippen LogP contribution in [-0.2, 0) is 13.6 Å². The summed E-state index contributed by atoms with van der Waals surface area (Å²) in [5.74, 6) is -0.559. The zero-order chi connectivity index (χ0) is 14.6. The van der Waals surface area contributed by atoms with Gasteiger partial charge in [-0.15, -0.1) is 0 Å². The molecule has 1 rings (SSSR count). The predicted octanol–water partition coefficient (Wildman–Crippen LogP) is 3.43. The van der Waals surface area contributed by atoms with Crippen LogP contribution in [-0.4, -0.2) is 22.4 Å². The number of hydrogen-bond acceptors (Lipinski definition) is 6. The van der Waals surface area contributed by atoms with E-state index in [0.29, 0.717) is 0 Å². The molecule has 1 aromatic carbocycles. The maximum atomic E-state index is 12.4. The van der Waals surface area contributed by atoms with Crippen LogP contribution in [0.5, 0.6) is 17.2 Å². The lowest BCUT2D eigenvalue weighted by Gasteiger charge is -2.22. The molecule has 0 aliphatic heterocycles. The second-order valence-electron chi connectivity index (χ2n) is 4.50. The van der Waals surface area contributed by atoms with E-state index >= 15 is 0 Å². The molecular formula is C12H19O6P. The van der Waals surface area contributed by atoms with E-state index in [1.165, 1.54) is 12.1 Å². The fourth-order valence-corrected chi connectivity index (χ4v) is 2.84. The molecule has 0 heterocycles. The van der Waals surface area contributed by atoms with E-state index in [1.807, 2.05) is 0 Å². The number of phenols is 2. The summed E-state index contributed by atoms with van der Waals surface area (Å²) in [5, 5.41) is 18.9. The number of benzene rings is 1. The van der Waals surface area contributed by atoms with Crippen molar-refractivity contribution in [3.05, 3.63) is 18.2 Å². The van der Waals surface area contributed by atoms with Crippen LogP contribution < -0.4 is 4.52 Å². The number of phosphoric acid groups is 1. The fraction of sp³-hybridized carbons (Fsp3) is 0.500. The highest BCUT2D eigenvalue weighted by Gasteiger charge is 2.32. The van der Waals surface area contributed by atoms with Crippen molar-refractivity contribution in [2.75, 3.05) is 0 Å². The Kier molecular flexibility index (Phi) is 5.23. The van der Waals surface area contributed by atoms with Crippen molar-refractivity contribution in [2.45, 2.75) is 39.9 Å². The van der Waals surface area contributed by atoms with Crippen LogP contribution in [0.4, 0.5) is 0 Å². The molecule has 0 amide bonds. The first-order chi connectivity index (χ1) is 8.72. The molecule has 19 heavy (non-hydrogen) atoms. The first kappa shape index (κ1) is 15.8. The molecule has 108 valence electrons. The highest BCUT2D eigenvalue weighted by molar-refractivity contribution is 7.49. The topological polar surface area (TPSA) is 85.2 Å². The summed E-state index contributed by atoms with van der Waals surface area (Å²) in [4.78, 5) is 0. The van der Waals surface area contributed by atoms with Gasteiger partial charge in [-0.3, -0.25) is 9.05 Å². The highest BCUT2D eigenvalue weighted by atomic mass is 31.2. The van der Waals surface area contributed by atoms with Gasteiger partial charge in [0.05, 0.1) is 12.2 Å². The van der Waals surface area contributed by atoms with Crippen LogP contribution in [0.25, 0.3) is 0 Å². The quantitative estimate of drug-likeness (QED) is 0.616. The number of aromatic hydroxyl groups is 2. The predicted molar refractivity (Wildman–Crippen MR) is 70.4 cm³/mol. The zero-order valence-corrected chi connectivity index (χ0v) is 12.3. The van der Waals surface area contributed by atoms with Gasteiger partial charge in [-0.05, 0) is 39.8 Å². The average Bonchev–Trinajstić information content (AvgIpc) is 2.20. The third-order valence-corrected chi connectivity index (χ3v) is 3.61. The van der Waals surface area contributed by atoms with Crippen LogP contribution in [0, 0.1) is 0 Å². The van der Waals surface area contributed by atoms with E-state index in [-0.39, 0.29) is 29.5 Å². The summed E-state index contributed by atoms with van der Waals surface area (Å²) in [6.45, 7) is 6.73. The van der Waals surface area contributed by atoms with Gasteiger partial charge < -0.3 is 14.7 Å². The van der Waals surface area contributed by atoms with Crippen molar-refractivity contribution in [1.29, 1.82) is 0 Å². The maximum absolute atomic E-state index is 12.4. The van der Waals surface area contributed by atoms with Gasteiger partial charge in [-0.1, -0.05) is 0 Å². The minimum absolute atomic E-state index is 0.131. The molecule has 0 aromatic heterocycles. The minimum Gasteiger partial charge on any atom is -0.508 e. The van der Waals surface area contributed by atoms with E-state index in [0.717, 1.165) is 6.07 Å². The SMILES string of the molecule is CC(C)OP(=O)(Oc1cc(O)ccc1O)OC(C)C. The largest absolute Gasteiger partial charge is 0.530 e. The third kappa shape index (κ3) is 5.11. The molecule has 0 atom stereocenters. The van der Waals surface area contributed by atoms with E-state index in [2.05, 4.69) is 0 Å². The van der Waals surface area contributed by atoms with Gasteiger partial charge in [0.15, 0.2) is 11.5 Å². The first-order valence-electron chi connectivity index (χ1n) is 5.90. The van der Waals surface area contributed by atoms with Crippen molar-refractivity contribution < 1.29 is 28.3 Å². The van der Waals surface area contributed by atoms with Crippen LogP contribution in [0.15, 0.2) is 18.2 Å². The van der Waals surface area contributed by atoms with Crippen molar-refractivity contribution >= 4 is 7.82 Å². The Hall–Kier alpha value is -1.23. The summed E-state index contributed by atoms with van der Waals surface area (Å²) in [6.07, 6.45) is -0.770. The van der Waals surface area contributed by atoms with E-state index in [1.54, 1.807) is 27.7 Å². The van der Waals surface area contributed by atoms with Crippen LogP contribution in [0.1, 0.15) is 27.7 Å². The van der Waals surface area contributed by atoms with E-state index in [4.69, 9.17) is 13.6 Å². The molecule has 0 unspecified atom stereocenters. The molecule has 2 N–H and O–H groups in total. The molecule has 0 aliphatic carbocycles. The lowest BCUT2D eigenvalue weighted by Crippen LogP contribution is -2.11. The van der Waals surface area contributed by atoms with Crippen molar-refractivity contribution in [3.63, 3.8) is 0 Å². The van der Waals surface area contributed by atoms with Gasteiger partial charge in [0, 0.05) is 6.07 Å². The molecule has 0 saturated heterocycles. The van der Waals surface area contributed by atoms with Gasteiger partial charge in [-0.25, -0.2) is 4.57 Å².